The summed E-state index contributed by atoms with van der Waals surface area (Å²) < 4.78 is 23.8. The number of rotatable bonds is 60. The molecule has 0 radical (unpaired) electrons. The fraction of sp³-hybridized carbons (Fsp3) is 0.892. The molecule has 0 spiro atoms. The second kappa shape index (κ2) is 56.4. The highest BCUT2D eigenvalue weighted by Crippen LogP contribution is 2.43. The Labute approximate surface area is 461 Å². The van der Waals surface area contributed by atoms with Crippen molar-refractivity contribution in [3.05, 3.63) is 36.5 Å². The molecule has 8 nitrogen and oxygen atoms in total. The lowest BCUT2D eigenvalue weighted by Crippen LogP contribution is -2.45. The maximum absolute atomic E-state index is 13.0. The molecule has 1 amide bonds. The lowest BCUT2D eigenvalue weighted by Gasteiger charge is -2.25. The summed E-state index contributed by atoms with van der Waals surface area (Å²) in [6, 6.07) is -0.848. The molecule has 9 heteroatoms. The highest BCUT2D eigenvalue weighted by atomic mass is 31.2. The minimum atomic E-state index is -4.35. The number of aliphatic hydroxyl groups is 1. The number of carbonyl (C=O) groups excluding carboxylic acids is 1. The quantitative estimate of drug-likeness (QED) is 0.0243. The number of likely N-dealkylation sites (N-methyl/N-ethyl adjacent to an activating group) is 1. The number of nitrogens with zero attached hydrogens (tertiary/aromatic N) is 1. The minimum absolute atomic E-state index is 0.0624. The molecule has 438 valence electrons. The van der Waals surface area contributed by atoms with Crippen molar-refractivity contribution in [1.82, 2.24) is 5.32 Å². The van der Waals surface area contributed by atoms with E-state index in [9.17, 15) is 19.4 Å². The number of carbonyl (C=O) groups is 1. The first-order valence-electron chi connectivity index (χ1n) is 32.4. The number of hydrogen-bond donors (Lipinski definition) is 3. The molecule has 0 aliphatic carbocycles. The molecule has 0 aromatic carbocycles. The SMILES string of the molecule is CCCCCCCCCCC/C=C\C/C=C\CCCCCCCCCCCCCCCC(=O)NC(COP(=O)(O)OCC[N+](C)(C)C)C(O)/C=C/CCCCCCCCCCCCCCCCCCCCCCC. The molecule has 0 bridgehead atoms. The van der Waals surface area contributed by atoms with Gasteiger partial charge in [-0.15, -0.1) is 0 Å². The third kappa shape index (κ3) is 58.4. The van der Waals surface area contributed by atoms with Crippen LogP contribution in [0.2, 0.25) is 0 Å². The first kappa shape index (κ1) is 72.7. The summed E-state index contributed by atoms with van der Waals surface area (Å²) in [5, 5.41) is 14.0. The fourth-order valence-corrected chi connectivity index (χ4v) is 10.5. The van der Waals surface area contributed by atoms with E-state index in [-0.39, 0.29) is 19.1 Å². The molecule has 0 aromatic heterocycles. The third-order valence-corrected chi connectivity index (χ3v) is 15.8. The van der Waals surface area contributed by atoms with Gasteiger partial charge in [-0.3, -0.25) is 13.8 Å². The van der Waals surface area contributed by atoms with Gasteiger partial charge in [-0.1, -0.05) is 301 Å². The average Bonchev–Trinajstić information content (AvgIpc) is 3.36. The fourth-order valence-electron chi connectivity index (χ4n) is 9.78. The molecule has 0 saturated heterocycles. The molecule has 0 aromatic rings. The largest absolute Gasteiger partial charge is 0.472 e. The zero-order valence-electron chi connectivity index (χ0n) is 50.1. The molecule has 0 fully saturated rings. The Kier molecular flexibility index (Phi) is 55.5. The molecular weight excluding hydrogens is 936 g/mol. The van der Waals surface area contributed by atoms with E-state index in [1.807, 2.05) is 27.2 Å². The van der Waals surface area contributed by atoms with Gasteiger partial charge < -0.3 is 19.8 Å². The first-order chi connectivity index (χ1) is 36.0. The molecule has 74 heavy (non-hydrogen) atoms. The summed E-state index contributed by atoms with van der Waals surface area (Å²) in [6.07, 6.45) is 74.1. The Balaban J connectivity index is 4.12. The van der Waals surface area contributed by atoms with Crippen molar-refractivity contribution in [2.45, 2.75) is 334 Å². The molecule has 3 unspecified atom stereocenters. The zero-order chi connectivity index (χ0) is 54.2. The lowest BCUT2D eigenvalue weighted by atomic mass is 10.0. The summed E-state index contributed by atoms with van der Waals surface area (Å²) in [5.74, 6) is -0.173. The van der Waals surface area contributed by atoms with E-state index >= 15 is 0 Å². The van der Waals surface area contributed by atoms with Crippen LogP contribution in [0.25, 0.3) is 0 Å². The van der Waals surface area contributed by atoms with Crippen LogP contribution in [0.4, 0.5) is 0 Å². The number of aliphatic hydroxyl groups excluding tert-OH is 1. The lowest BCUT2D eigenvalue weighted by molar-refractivity contribution is -0.870. The van der Waals surface area contributed by atoms with Gasteiger partial charge in [0.1, 0.15) is 13.2 Å². The molecule has 3 N–H and O–H groups in total. The Morgan fingerprint density at radius 2 is 0.770 bits per heavy atom. The van der Waals surface area contributed by atoms with Gasteiger partial charge in [0.15, 0.2) is 0 Å². The van der Waals surface area contributed by atoms with Crippen molar-refractivity contribution < 1.29 is 32.9 Å². The monoisotopic (exact) mass is 1060 g/mol. The van der Waals surface area contributed by atoms with Gasteiger partial charge in [-0.05, 0) is 51.4 Å². The van der Waals surface area contributed by atoms with Crippen LogP contribution in [-0.2, 0) is 18.4 Å². The smallest absolute Gasteiger partial charge is 0.387 e. The Morgan fingerprint density at radius 3 is 1.11 bits per heavy atom. The zero-order valence-corrected chi connectivity index (χ0v) is 51.0. The predicted molar refractivity (Wildman–Crippen MR) is 323 cm³/mol. The third-order valence-electron chi connectivity index (χ3n) is 14.9. The van der Waals surface area contributed by atoms with Crippen molar-refractivity contribution in [3.8, 4) is 0 Å². The summed E-state index contributed by atoms with van der Waals surface area (Å²) in [6.45, 7) is 4.86. The van der Waals surface area contributed by atoms with Crippen LogP contribution in [0.15, 0.2) is 36.5 Å². The highest BCUT2D eigenvalue weighted by Gasteiger charge is 2.28. The molecule has 0 saturated carbocycles. The molecule has 0 aliphatic heterocycles. The topological polar surface area (TPSA) is 105 Å². The van der Waals surface area contributed by atoms with E-state index in [2.05, 4.69) is 43.5 Å². The number of allylic oxidation sites excluding steroid dienone is 5. The van der Waals surface area contributed by atoms with E-state index < -0.39 is 20.0 Å². The Bertz CT molecular complexity index is 1300. The first-order valence-corrected chi connectivity index (χ1v) is 33.9. The summed E-state index contributed by atoms with van der Waals surface area (Å²) >= 11 is 0. The standard InChI is InChI=1S/C65H127N2O6P/c1-6-8-10-12-14-16-18-20-22-24-26-28-30-31-32-33-34-35-37-39-41-43-45-47-49-51-53-55-57-59-65(69)66-63(62-73-74(70,71)72-61-60-67(3,4)5)64(68)58-56-54-52-50-48-46-44-42-40-38-36-29-27-25-23-21-19-17-15-13-11-9-7-2/h26,28,31-32,56,58,63-64,68H,6-25,27,29-30,33-55,57,59-62H2,1-5H3,(H-,66,69,70,71)/p+1/b28-26-,32-31-,58-56+. The van der Waals surface area contributed by atoms with Gasteiger partial charge in [-0.2, -0.15) is 0 Å². The van der Waals surface area contributed by atoms with Gasteiger partial charge in [-0.25, -0.2) is 4.57 Å². The predicted octanol–water partition coefficient (Wildman–Crippen LogP) is 20.1. The average molecular weight is 1060 g/mol. The van der Waals surface area contributed by atoms with E-state index in [0.29, 0.717) is 17.4 Å². The number of unbranched alkanes of at least 4 members (excludes halogenated alkanes) is 43. The van der Waals surface area contributed by atoms with Crippen LogP contribution >= 0.6 is 7.82 Å². The normalized spacial score (nSPS) is 14.0. The van der Waals surface area contributed by atoms with Gasteiger partial charge >= 0.3 is 7.82 Å². The number of phosphoric ester groups is 1. The van der Waals surface area contributed by atoms with Gasteiger partial charge in [0.25, 0.3) is 0 Å². The number of nitrogens with one attached hydrogen (secondary N) is 1. The van der Waals surface area contributed by atoms with Crippen LogP contribution in [0, 0.1) is 0 Å². The van der Waals surface area contributed by atoms with E-state index in [1.165, 1.54) is 257 Å². The van der Waals surface area contributed by atoms with Gasteiger partial charge in [0, 0.05) is 6.42 Å². The highest BCUT2D eigenvalue weighted by molar-refractivity contribution is 7.47. The number of hydrogen-bond acceptors (Lipinski definition) is 5. The molecule has 0 heterocycles. The van der Waals surface area contributed by atoms with Crippen LogP contribution < -0.4 is 5.32 Å². The van der Waals surface area contributed by atoms with Crippen molar-refractivity contribution in [2.24, 2.45) is 0 Å². The second-order valence-corrected chi connectivity index (χ2v) is 24.9. The molecule has 3 atom stereocenters. The van der Waals surface area contributed by atoms with E-state index in [4.69, 9.17) is 9.05 Å². The van der Waals surface area contributed by atoms with Crippen LogP contribution in [0.5, 0.6) is 0 Å². The maximum atomic E-state index is 13.0. The van der Waals surface area contributed by atoms with Gasteiger partial charge in [0.2, 0.25) is 5.91 Å². The summed E-state index contributed by atoms with van der Waals surface area (Å²) in [5.41, 5.74) is 0. The van der Waals surface area contributed by atoms with Crippen LogP contribution in [-0.4, -0.2) is 73.4 Å². The van der Waals surface area contributed by atoms with Gasteiger partial charge in [0.05, 0.1) is 39.9 Å². The summed E-state index contributed by atoms with van der Waals surface area (Å²) in [7, 11) is 1.58. The van der Waals surface area contributed by atoms with Crippen LogP contribution in [0.1, 0.15) is 322 Å². The van der Waals surface area contributed by atoms with Crippen molar-refractivity contribution >= 4 is 13.7 Å². The van der Waals surface area contributed by atoms with E-state index in [0.717, 1.165) is 44.9 Å². The minimum Gasteiger partial charge on any atom is -0.387 e. The van der Waals surface area contributed by atoms with Crippen molar-refractivity contribution in [2.75, 3.05) is 40.9 Å². The molecule has 0 rings (SSSR count). The van der Waals surface area contributed by atoms with E-state index in [1.54, 1.807) is 6.08 Å². The maximum Gasteiger partial charge on any atom is 0.472 e. The Morgan fingerprint density at radius 1 is 0.459 bits per heavy atom. The molecule has 0 aliphatic rings. The van der Waals surface area contributed by atoms with Crippen molar-refractivity contribution in [3.63, 3.8) is 0 Å². The number of phosphoric acid groups is 1. The molecular formula is C65H128N2O6P+. The number of amides is 1. The van der Waals surface area contributed by atoms with Crippen LogP contribution in [0.3, 0.4) is 0 Å². The van der Waals surface area contributed by atoms with Crippen molar-refractivity contribution in [1.29, 1.82) is 0 Å². The number of quaternary nitrogens is 1. The summed E-state index contributed by atoms with van der Waals surface area (Å²) in [4.78, 5) is 23.4. The Hall–Kier alpha value is -1.28. The second-order valence-electron chi connectivity index (χ2n) is 23.5.